The molecule has 0 heterocycles. The first-order chi connectivity index (χ1) is 19.3. The molecule has 2 aromatic carbocycles. The van der Waals surface area contributed by atoms with Crippen LogP contribution in [0, 0.1) is 0 Å². The molecule has 0 aliphatic carbocycles. The monoisotopic (exact) mass is 579 g/mol. The molecule has 6 N–H and O–H groups in total. The number of anilines is 1. The van der Waals surface area contributed by atoms with Crippen LogP contribution in [0.5, 0.6) is 0 Å². The van der Waals surface area contributed by atoms with Gasteiger partial charge in [-0.05, 0) is 56.0 Å². The number of amides is 4. The Morgan fingerprint density at radius 3 is 2.20 bits per heavy atom. The van der Waals surface area contributed by atoms with Crippen molar-refractivity contribution < 1.29 is 32.7 Å². The van der Waals surface area contributed by atoms with Crippen LogP contribution in [0.2, 0.25) is 0 Å². The average molecular weight is 580 g/mol. The number of halogens is 3. The zero-order valence-electron chi connectivity index (χ0n) is 23.8. The van der Waals surface area contributed by atoms with Crippen LogP contribution in [0.1, 0.15) is 67.6 Å². The summed E-state index contributed by atoms with van der Waals surface area (Å²) in [5.74, 6) is -1.61. The highest BCUT2D eigenvalue weighted by Gasteiger charge is 2.32. The van der Waals surface area contributed by atoms with Crippen LogP contribution >= 0.6 is 0 Å². The van der Waals surface area contributed by atoms with Gasteiger partial charge in [0.05, 0.1) is 35.5 Å². The number of hydrogen-bond donors (Lipinski definition) is 6. The summed E-state index contributed by atoms with van der Waals surface area (Å²) >= 11 is 0. The van der Waals surface area contributed by atoms with Gasteiger partial charge in [-0.3, -0.25) is 9.59 Å². The number of carbonyl (C=O) groups is 3. The maximum atomic E-state index is 13.3. The van der Waals surface area contributed by atoms with Crippen LogP contribution in [0.15, 0.2) is 42.5 Å². The number of carbonyl (C=O) groups excluding carboxylic acids is 3. The zero-order chi connectivity index (χ0) is 30.6. The first kappa shape index (κ1) is 33.6. The maximum Gasteiger partial charge on any atom is 0.416 e. The summed E-state index contributed by atoms with van der Waals surface area (Å²) in [7, 11) is 0. The molecular formula is C29H40F3N5O4. The highest BCUT2D eigenvalue weighted by Crippen LogP contribution is 2.32. The van der Waals surface area contributed by atoms with E-state index >= 15 is 0 Å². The fraction of sp³-hybridized carbons (Fsp3) is 0.483. The molecule has 2 atom stereocenters. The molecule has 0 aliphatic rings. The molecule has 12 heteroatoms. The van der Waals surface area contributed by atoms with E-state index in [1.165, 1.54) is 5.56 Å². The molecule has 41 heavy (non-hydrogen) atoms. The lowest BCUT2D eigenvalue weighted by molar-refractivity contribution is -0.137. The summed E-state index contributed by atoms with van der Waals surface area (Å²) in [6.07, 6.45) is -3.53. The van der Waals surface area contributed by atoms with Gasteiger partial charge < -0.3 is 31.7 Å². The van der Waals surface area contributed by atoms with E-state index in [0.29, 0.717) is 25.5 Å². The molecule has 9 nitrogen and oxygen atoms in total. The van der Waals surface area contributed by atoms with Crippen molar-refractivity contribution in [2.24, 2.45) is 0 Å². The molecule has 0 aromatic heterocycles. The Kier molecular flexibility index (Phi) is 13.1. The average Bonchev–Trinajstić information content (AvgIpc) is 2.90. The van der Waals surface area contributed by atoms with E-state index in [4.69, 9.17) is 0 Å². The third-order valence-electron chi connectivity index (χ3n) is 6.19. The van der Waals surface area contributed by atoms with Crippen LogP contribution in [0.4, 0.5) is 23.7 Å². The van der Waals surface area contributed by atoms with Crippen molar-refractivity contribution in [3.63, 3.8) is 0 Å². The number of hydrogen-bond acceptors (Lipinski definition) is 5. The molecule has 0 bridgehead atoms. The predicted molar refractivity (Wildman–Crippen MR) is 151 cm³/mol. The van der Waals surface area contributed by atoms with Crippen molar-refractivity contribution in [1.29, 1.82) is 0 Å². The molecule has 0 unspecified atom stereocenters. The second-order valence-corrected chi connectivity index (χ2v) is 10.0. The Balaban J connectivity index is 2.06. The molecule has 2 aromatic rings. The highest BCUT2D eigenvalue weighted by atomic mass is 19.4. The van der Waals surface area contributed by atoms with Gasteiger partial charge >= 0.3 is 12.2 Å². The Labute approximate surface area is 238 Å². The number of aliphatic hydroxyl groups excluding tert-OH is 1. The minimum atomic E-state index is -4.72. The first-order valence-corrected chi connectivity index (χ1v) is 13.7. The van der Waals surface area contributed by atoms with E-state index in [0.717, 1.165) is 24.1 Å². The number of aliphatic hydroxyl groups is 1. The minimum absolute atomic E-state index is 0.151. The van der Waals surface area contributed by atoms with Crippen molar-refractivity contribution in [3.05, 3.63) is 64.7 Å². The molecule has 0 radical (unpaired) electrons. The van der Waals surface area contributed by atoms with Gasteiger partial charge in [0.25, 0.3) is 5.91 Å². The molecule has 0 saturated carbocycles. The van der Waals surface area contributed by atoms with Crippen LogP contribution in [-0.2, 0) is 23.9 Å². The number of nitrogens with one attached hydrogen (secondary N) is 5. The maximum absolute atomic E-state index is 13.3. The summed E-state index contributed by atoms with van der Waals surface area (Å²) < 4.78 is 39.9. The fourth-order valence-electron chi connectivity index (χ4n) is 4.00. The highest BCUT2D eigenvalue weighted by molar-refractivity contribution is 6.04. The summed E-state index contributed by atoms with van der Waals surface area (Å²) in [6.45, 7) is 7.57. The number of aryl methyl sites for hydroxylation is 1. The fourth-order valence-corrected chi connectivity index (χ4v) is 4.00. The lowest BCUT2D eigenvalue weighted by Gasteiger charge is -2.24. The van der Waals surface area contributed by atoms with Crippen molar-refractivity contribution in [2.75, 3.05) is 18.4 Å². The topological polar surface area (TPSA) is 132 Å². The van der Waals surface area contributed by atoms with E-state index < -0.39 is 53.8 Å². The van der Waals surface area contributed by atoms with E-state index in [1.54, 1.807) is 13.8 Å². The van der Waals surface area contributed by atoms with Gasteiger partial charge in [0.2, 0.25) is 5.91 Å². The molecule has 0 fully saturated rings. The number of urea groups is 1. The lowest BCUT2D eigenvalue weighted by atomic mass is 10.1. The van der Waals surface area contributed by atoms with Gasteiger partial charge in [-0.2, -0.15) is 13.2 Å². The predicted octanol–water partition coefficient (Wildman–Crippen LogP) is 3.96. The quantitative estimate of drug-likeness (QED) is 0.202. The van der Waals surface area contributed by atoms with Crippen LogP contribution < -0.4 is 26.6 Å². The molecule has 0 saturated heterocycles. The molecule has 226 valence electrons. The largest absolute Gasteiger partial charge is 0.416 e. The smallest absolute Gasteiger partial charge is 0.391 e. The minimum Gasteiger partial charge on any atom is -0.391 e. The van der Waals surface area contributed by atoms with Crippen molar-refractivity contribution >= 4 is 23.5 Å². The van der Waals surface area contributed by atoms with Gasteiger partial charge in [-0.15, -0.1) is 0 Å². The normalized spacial score (nSPS) is 12.9. The van der Waals surface area contributed by atoms with Gasteiger partial charge in [-0.25, -0.2) is 4.79 Å². The molecule has 0 spiro atoms. The summed E-state index contributed by atoms with van der Waals surface area (Å²) in [4.78, 5) is 37.7. The molecule has 4 amide bonds. The van der Waals surface area contributed by atoms with E-state index in [9.17, 15) is 32.7 Å². The van der Waals surface area contributed by atoms with Gasteiger partial charge in [0, 0.05) is 19.1 Å². The van der Waals surface area contributed by atoms with Crippen molar-refractivity contribution in [2.45, 2.75) is 77.9 Å². The summed E-state index contributed by atoms with van der Waals surface area (Å²) in [6, 6.07) is 8.80. The third kappa shape index (κ3) is 11.4. The van der Waals surface area contributed by atoms with Crippen LogP contribution in [0.25, 0.3) is 0 Å². The first-order valence-electron chi connectivity index (χ1n) is 13.7. The van der Waals surface area contributed by atoms with Crippen LogP contribution in [-0.4, -0.2) is 54.2 Å². The SMILES string of the molecule is CCC[C@H](O)[C@H](CNCc1ccc(CC)cc1)NC(=O)CNC(=O)c1cc(C(F)(F)F)ccc1NC(=O)NC(C)C. The van der Waals surface area contributed by atoms with Crippen LogP contribution in [0.3, 0.4) is 0 Å². The Hall–Kier alpha value is -3.64. The number of alkyl halides is 3. The van der Waals surface area contributed by atoms with Crippen molar-refractivity contribution in [3.8, 4) is 0 Å². The summed E-state index contributed by atoms with van der Waals surface area (Å²) in [5, 5.41) is 23.7. The Bertz CT molecular complexity index is 1160. The lowest BCUT2D eigenvalue weighted by Crippen LogP contribution is -2.51. The number of benzene rings is 2. The van der Waals surface area contributed by atoms with Gasteiger partial charge in [0.15, 0.2) is 0 Å². The second kappa shape index (κ2) is 16.0. The molecule has 0 aliphatic heterocycles. The molecular weight excluding hydrogens is 539 g/mol. The zero-order valence-corrected chi connectivity index (χ0v) is 23.8. The third-order valence-corrected chi connectivity index (χ3v) is 6.19. The second-order valence-electron chi connectivity index (χ2n) is 10.0. The van der Waals surface area contributed by atoms with E-state index in [1.807, 2.05) is 31.2 Å². The Morgan fingerprint density at radius 2 is 1.61 bits per heavy atom. The standard InChI is InChI=1S/C29H40F3N5O4/c1-5-7-25(38)24(16-33-15-20-10-8-19(6-2)9-11-20)36-26(39)17-34-27(40)22-14-21(29(30,31)32)12-13-23(22)37-28(41)35-18(3)4/h8-14,18,24-25,33,38H,5-7,15-17H2,1-4H3,(H,34,40)(H,36,39)(H2,35,37,41)/t24-,25-/m0/s1. The van der Waals surface area contributed by atoms with Gasteiger partial charge in [0.1, 0.15) is 0 Å². The van der Waals surface area contributed by atoms with E-state index in [-0.39, 0.29) is 18.3 Å². The van der Waals surface area contributed by atoms with Gasteiger partial charge in [-0.1, -0.05) is 44.5 Å². The van der Waals surface area contributed by atoms with Crippen molar-refractivity contribution in [1.82, 2.24) is 21.3 Å². The Morgan fingerprint density at radius 1 is 0.951 bits per heavy atom. The molecule has 2 rings (SSSR count). The number of rotatable bonds is 14. The van der Waals surface area contributed by atoms with E-state index in [2.05, 4.69) is 33.5 Å². The summed E-state index contributed by atoms with van der Waals surface area (Å²) in [5.41, 5.74) is 0.565.